The molecule has 0 heterocycles. The molecule has 0 aromatic rings. The zero-order chi connectivity index (χ0) is 36.6. The van der Waals surface area contributed by atoms with E-state index in [9.17, 15) is 0 Å². The van der Waals surface area contributed by atoms with E-state index < -0.39 is 0 Å². The number of hydrogen-bond acceptors (Lipinski definition) is 13. The summed E-state index contributed by atoms with van der Waals surface area (Å²) in [6.45, 7) is 16.2. The first kappa shape index (κ1) is 50.5. The Labute approximate surface area is 311 Å². The van der Waals surface area contributed by atoms with E-state index >= 15 is 0 Å². The Morgan fingerprint density at radius 1 is 0.196 bits per heavy atom. The summed E-state index contributed by atoms with van der Waals surface area (Å²) in [5, 5.41) is 0. The molecule has 308 valence electrons. The maximum Gasteiger partial charge on any atom is 0.0701 e. The Hall–Kier alpha value is -0.520. The van der Waals surface area contributed by atoms with Crippen LogP contribution >= 0.6 is 0 Å². The van der Waals surface area contributed by atoms with Gasteiger partial charge in [-0.2, -0.15) is 0 Å². The van der Waals surface area contributed by atoms with Gasteiger partial charge in [-0.3, -0.25) is 0 Å². The standard InChI is InChI=1S/C38H78O13/c1-3-4-5-6-7-8-9-10-11-12-13-14-40-17-18-42-21-22-44-25-26-46-29-30-48-33-34-50-37-38-51-36-35-49-32-31-47-28-27-45-24-23-43-20-19-41-16-15-39-2/h3-38H2,1-2H3. The lowest BCUT2D eigenvalue weighted by Gasteiger charge is -2.09. The van der Waals surface area contributed by atoms with Gasteiger partial charge >= 0.3 is 0 Å². The second-order valence-corrected chi connectivity index (χ2v) is 11.9. The van der Waals surface area contributed by atoms with E-state index in [0.717, 1.165) is 13.0 Å². The first-order valence-corrected chi connectivity index (χ1v) is 19.8. The Morgan fingerprint density at radius 2 is 0.373 bits per heavy atom. The van der Waals surface area contributed by atoms with Crippen molar-refractivity contribution >= 4 is 0 Å². The van der Waals surface area contributed by atoms with Gasteiger partial charge in [-0.25, -0.2) is 0 Å². The highest BCUT2D eigenvalue weighted by Gasteiger charge is 1.98. The Morgan fingerprint density at radius 3 is 0.588 bits per heavy atom. The Balaban J connectivity index is 3.04. The second kappa shape index (κ2) is 49.5. The first-order chi connectivity index (χ1) is 25.4. The molecule has 0 N–H and O–H groups in total. The fourth-order valence-electron chi connectivity index (χ4n) is 4.53. The molecule has 0 radical (unpaired) electrons. The molecule has 0 spiro atoms. The van der Waals surface area contributed by atoms with Gasteiger partial charge in [0.05, 0.1) is 159 Å². The Kier molecular flexibility index (Phi) is 49.0. The predicted octanol–water partition coefficient (Wildman–Crippen LogP) is 5.14. The highest BCUT2D eigenvalue weighted by molar-refractivity contribution is 4.48. The van der Waals surface area contributed by atoms with E-state index in [1.165, 1.54) is 64.2 Å². The third-order valence-corrected chi connectivity index (χ3v) is 7.42. The van der Waals surface area contributed by atoms with Crippen LogP contribution in [0.5, 0.6) is 0 Å². The molecule has 51 heavy (non-hydrogen) atoms. The maximum atomic E-state index is 5.66. The van der Waals surface area contributed by atoms with Gasteiger partial charge in [0.25, 0.3) is 0 Å². The van der Waals surface area contributed by atoms with Crippen molar-refractivity contribution < 1.29 is 61.6 Å². The molecular formula is C38H78O13. The molecule has 0 aliphatic carbocycles. The molecule has 0 aromatic heterocycles. The normalized spacial score (nSPS) is 11.6. The molecule has 0 saturated heterocycles. The molecular weight excluding hydrogens is 664 g/mol. The molecule has 0 atom stereocenters. The van der Waals surface area contributed by atoms with Crippen molar-refractivity contribution in [3.8, 4) is 0 Å². The lowest BCUT2D eigenvalue weighted by molar-refractivity contribution is -0.0287. The fourth-order valence-corrected chi connectivity index (χ4v) is 4.53. The lowest BCUT2D eigenvalue weighted by Crippen LogP contribution is -2.15. The predicted molar refractivity (Wildman–Crippen MR) is 198 cm³/mol. The van der Waals surface area contributed by atoms with Crippen LogP contribution in [-0.4, -0.2) is 172 Å². The number of ether oxygens (including phenoxy) is 13. The van der Waals surface area contributed by atoms with E-state index in [0.29, 0.717) is 159 Å². The van der Waals surface area contributed by atoms with Crippen molar-refractivity contribution in [3.63, 3.8) is 0 Å². The number of hydrogen-bond donors (Lipinski definition) is 0. The molecule has 0 rings (SSSR count). The van der Waals surface area contributed by atoms with Crippen molar-refractivity contribution in [1.29, 1.82) is 0 Å². The van der Waals surface area contributed by atoms with Gasteiger partial charge in [-0.15, -0.1) is 0 Å². The molecule has 0 saturated carbocycles. The molecule has 13 nitrogen and oxygen atoms in total. The molecule has 0 aliphatic heterocycles. The van der Waals surface area contributed by atoms with Crippen LogP contribution in [0.1, 0.15) is 77.6 Å². The molecule has 0 aliphatic rings. The third-order valence-electron chi connectivity index (χ3n) is 7.42. The van der Waals surface area contributed by atoms with E-state index in [2.05, 4.69) is 6.92 Å². The highest BCUT2D eigenvalue weighted by Crippen LogP contribution is 2.11. The van der Waals surface area contributed by atoms with Gasteiger partial charge in [0.1, 0.15) is 0 Å². The largest absolute Gasteiger partial charge is 0.382 e. The monoisotopic (exact) mass is 743 g/mol. The average Bonchev–Trinajstić information content (AvgIpc) is 3.14. The summed E-state index contributed by atoms with van der Waals surface area (Å²) in [4.78, 5) is 0. The molecule has 0 unspecified atom stereocenters. The number of unbranched alkanes of at least 4 members (excludes halogenated alkanes) is 10. The fraction of sp³-hybridized carbons (Fsp3) is 1.00. The van der Waals surface area contributed by atoms with E-state index in [4.69, 9.17) is 61.6 Å². The Bertz CT molecular complexity index is 544. The summed E-state index contributed by atoms with van der Waals surface area (Å²) in [6, 6.07) is 0. The summed E-state index contributed by atoms with van der Waals surface area (Å²) in [6.07, 6.45) is 14.9. The van der Waals surface area contributed by atoms with E-state index in [1.807, 2.05) is 0 Å². The minimum atomic E-state index is 0.517. The van der Waals surface area contributed by atoms with Gasteiger partial charge in [-0.1, -0.05) is 71.1 Å². The average molecular weight is 743 g/mol. The molecule has 0 fully saturated rings. The highest BCUT2D eigenvalue weighted by atomic mass is 16.6. The third kappa shape index (κ3) is 49.5. The quantitative estimate of drug-likeness (QED) is 0.0766. The van der Waals surface area contributed by atoms with Crippen LogP contribution < -0.4 is 0 Å². The minimum absolute atomic E-state index is 0.517. The topological polar surface area (TPSA) is 120 Å². The van der Waals surface area contributed by atoms with Crippen LogP contribution in [0.2, 0.25) is 0 Å². The van der Waals surface area contributed by atoms with Crippen LogP contribution in [0, 0.1) is 0 Å². The molecule has 0 amide bonds. The zero-order valence-corrected chi connectivity index (χ0v) is 32.8. The summed E-state index contributed by atoms with van der Waals surface area (Å²) >= 11 is 0. The van der Waals surface area contributed by atoms with Gasteiger partial charge in [0.15, 0.2) is 0 Å². The zero-order valence-electron chi connectivity index (χ0n) is 32.8. The van der Waals surface area contributed by atoms with Gasteiger partial charge in [0.2, 0.25) is 0 Å². The number of methoxy groups -OCH3 is 1. The minimum Gasteiger partial charge on any atom is -0.382 e. The number of rotatable bonds is 48. The molecule has 0 aromatic carbocycles. The van der Waals surface area contributed by atoms with Crippen LogP contribution in [0.15, 0.2) is 0 Å². The van der Waals surface area contributed by atoms with E-state index in [-0.39, 0.29) is 0 Å². The van der Waals surface area contributed by atoms with Crippen molar-refractivity contribution in [2.45, 2.75) is 77.6 Å². The summed E-state index contributed by atoms with van der Waals surface area (Å²) in [7, 11) is 1.65. The van der Waals surface area contributed by atoms with Gasteiger partial charge < -0.3 is 61.6 Å². The van der Waals surface area contributed by atoms with Crippen molar-refractivity contribution in [3.05, 3.63) is 0 Å². The lowest BCUT2D eigenvalue weighted by atomic mass is 10.1. The van der Waals surface area contributed by atoms with Crippen molar-refractivity contribution in [2.24, 2.45) is 0 Å². The smallest absolute Gasteiger partial charge is 0.0701 e. The van der Waals surface area contributed by atoms with Gasteiger partial charge in [-0.05, 0) is 6.42 Å². The SMILES string of the molecule is CCCCCCCCCCCCCOCCOCCOCCOCCOCCOCCOCCOCCOCCOCCOCCOCCOC. The second-order valence-electron chi connectivity index (χ2n) is 11.9. The van der Waals surface area contributed by atoms with Crippen LogP contribution in [0.4, 0.5) is 0 Å². The molecule has 0 bridgehead atoms. The van der Waals surface area contributed by atoms with E-state index in [1.54, 1.807) is 7.11 Å². The summed E-state index contributed by atoms with van der Waals surface area (Å²) < 4.78 is 70.8. The molecule has 13 heteroatoms. The summed E-state index contributed by atoms with van der Waals surface area (Å²) in [5.74, 6) is 0. The van der Waals surface area contributed by atoms with Crippen molar-refractivity contribution in [2.75, 3.05) is 172 Å². The van der Waals surface area contributed by atoms with Crippen molar-refractivity contribution in [1.82, 2.24) is 0 Å². The van der Waals surface area contributed by atoms with Crippen LogP contribution in [0.25, 0.3) is 0 Å². The van der Waals surface area contributed by atoms with Crippen LogP contribution in [0.3, 0.4) is 0 Å². The summed E-state index contributed by atoms with van der Waals surface area (Å²) in [5.41, 5.74) is 0. The first-order valence-electron chi connectivity index (χ1n) is 19.8. The van der Waals surface area contributed by atoms with Gasteiger partial charge in [0, 0.05) is 13.7 Å². The maximum absolute atomic E-state index is 5.66. The van der Waals surface area contributed by atoms with Crippen LogP contribution in [-0.2, 0) is 61.6 Å².